The van der Waals surface area contributed by atoms with E-state index < -0.39 is 0 Å². The number of rotatable bonds is 7. The van der Waals surface area contributed by atoms with Gasteiger partial charge in [0.15, 0.2) is 17.2 Å². The van der Waals surface area contributed by atoms with E-state index in [4.69, 9.17) is 54.3 Å². The molecule has 2 rings (SSSR count). The Bertz CT molecular complexity index is 736. The second-order valence-corrected chi connectivity index (χ2v) is 5.85. The molecule has 0 aliphatic rings. The number of hydrogen-bond donors (Lipinski definition) is 0. The molecule has 0 amide bonds. The van der Waals surface area contributed by atoms with Gasteiger partial charge in [-0.25, -0.2) is 0 Å². The highest BCUT2D eigenvalue weighted by atomic mass is 35.5. The van der Waals surface area contributed by atoms with Crippen molar-refractivity contribution < 1.29 is 14.2 Å². The lowest BCUT2D eigenvalue weighted by atomic mass is 10.2. The molecule has 2 aromatic carbocycles. The normalized spacial score (nSPS) is 10.1. The van der Waals surface area contributed by atoms with Crippen molar-refractivity contribution in [2.24, 2.45) is 0 Å². The summed E-state index contributed by atoms with van der Waals surface area (Å²) in [7, 11) is 0. The predicted octanol–water partition coefficient (Wildman–Crippen LogP) is 5.37. The first-order valence-electron chi connectivity index (χ1n) is 7.12. The number of halogens is 3. The second-order valence-electron chi connectivity index (χ2n) is 4.60. The smallest absolute Gasteiger partial charge is 0.162 e. The molecule has 24 heavy (non-hydrogen) atoms. The molecular weight excluding hydrogens is 373 g/mol. The third-order valence-electron chi connectivity index (χ3n) is 2.92. The molecule has 126 valence electrons. The van der Waals surface area contributed by atoms with E-state index in [2.05, 4.69) is 6.07 Å². The molecule has 0 atom stereocenters. The van der Waals surface area contributed by atoms with Crippen molar-refractivity contribution in [3.05, 3.63) is 51.0 Å². The van der Waals surface area contributed by atoms with Crippen LogP contribution in [0.4, 0.5) is 0 Å². The highest BCUT2D eigenvalue weighted by Gasteiger charge is 2.10. The molecule has 0 radical (unpaired) electrons. The van der Waals surface area contributed by atoms with Crippen LogP contribution in [0.5, 0.6) is 17.2 Å². The molecule has 0 saturated heterocycles. The lowest BCUT2D eigenvalue weighted by Crippen LogP contribution is -2.10. The zero-order valence-electron chi connectivity index (χ0n) is 12.8. The maximum atomic E-state index is 8.93. The van der Waals surface area contributed by atoms with E-state index >= 15 is 0 Å². The van der Waals surface area contributed by atoms with E-state index in [1.165, 1.54) is 0 Å². The minimum Gasteiger partial charge on any atom is -0.490 e. The van der Waals surface area contributed by atoms with Crippen LogP contribution in [0.15, 0.2) is 30.3 Å². The molecule has 0 spiro atoms. The molecule has 0 aromatic heterocycles. The quantitative estimate of drug-likeness (QED) is 0.600. The number of hydrogen-bond acceptors (Lipinski definition) is 4. The van der Waals surface area contributed by atoms with Crippen molar-refractivity contribution in [1.82, 2.24) is 0 Å². The van der Waals surface area contributed by atoms with Gasteiger partial charge in [0.25, 0.3) is 0 Å². The van der Waals surface area contributed by atoms with Crippen molar-refractivity contribution in [2.75, 3.05) is 19.8 Å². The average molecular weight is 387 g/mol. The Morgan fingerprint density at radius 2 is 1.58 bits per heavy atom. The van der Waals surface area contributed by atoms with Crippen LogP contribution in [0.25, 0.3) is 0 Å². The van der Waals surface area contributed by atoms with E-state index in [-0.39, 0.29) is 13.2 Å². The van der Waals surface area contributed by atoms with E-state index in [0.29, 0.717) is 44.5 Å². The molecule has 0 aliphatic heterocycles. The standard InChI is InChI=1S/C17H14Cl3NO3/c1-2-22-16-7-11(10-21)3-4-15(16)23-5-6-24-17-13(19)8-12(18)9-14(17)20/h3-4,7-9H,2,5-6H2,1H3. The first kappa shape index (κ1) is 18.5. The molecule has 0 saturated carbocycles. The molecule has 7 heteroatoms. The lowest BCUT2D eigenvalue weighted by Gasteiger charge is -2.13. The highest BCUT2D eigenvalue weighted by Crippen LogP contribution is 2.35. The Morgan fingerprint density at radius 1 is 0.917 bits per heavy atom. The zero-order chi connectivity index (χ0) is 17.5. The summed E-state index contributed by atoms with van der Waals surface area (Å²) >= 11 is 17.9. The third kappa shape index (κ3) is 4.85. The molecule has 0 fully saturated rings. The maximum Gasteiger partial charge on any atom is 0.162 e. The van der Waals surface area contributed by atoms with Crippen LogP contribution >= 0.6 is 34.8 Å². The summed E-state index contributed by atoms with van der Waals surface area (Å²) in [6.45, 7) is 2.81. The molecule has 0 heterocycles. The topological polar surface area (TPSA) is 51.5 Å². The SMILES string of the molecule is CCOc1cc(C#N)ccc1OCCOc1c(Cl)cc(Cl)cc1Cl. The van der Waals surface area contributed by atoms with E-state index in [0.717, 1.165) is 0 Å². The largest absolute Gasteiger partial charge is 0.490 e. The van der Waals surface area contributed by atoms with E-state index in [1.807, 2.05) is 6.92 Å². The molecule has 0 bridgehead atoms. The first-order valence-corrected chi connectivity index (χ1v) is 8.25. The first-order chi connectivity index (χ1) is 11.5. The van der Waals surface area contributed by atoms with Crippen LogP contribution in [0.1, 0.15) is 12.5 Å². The third-order valence-corrected chi connectivity index (χ3v) is 3.70. The van der Waals surface area contributed by atoms with Gasteiger partial charge in [-0.2, -0.15) is 5.26 Å². The van der Waals surface area contributed by atoms with Gasteiger partial charge in [0, 0.05) is 11.1 Å². The van der Waals surface area contributed by atoms with Crippen LogP contribution in [-0.2, 0) is 0 Å². The van der Waals surface area contributed by atoms with Crippen molar-refractivity contribution in [3.8, 4) is 23.3 Å². The van der Waals surface area contributed by atoms with Crippen LogP contribution in [0.2, 0.25) is 15.1 Å². The molecule has 0 unspecified atom stereocenters. The minimum absolute atomic E-state index is 0.229. The lowest BCUT2D eigenvalue weighted by molar-refractivity contribution is 0.208. The van der Waals surface area contributed by atoms with Gasteiger partial charge in [0.2, 0.25) is 0 Å². The van der Waals surface area contributed by atoms with Gasteiger partial charge in [0.05, 0.1) is 28.3 Å². The Labute approximate surface area is 155 Å². The maximum absolute atomic E-state index is 8.93. The van der Waals surface area contributed by atoms with Crippen molar-refractivity contribution in [3.63, 3.8) is 0 Å². The van der Waals surface area contributed by atoms with Gasteiger partial charge >= 0.3 is 0 Å². The fourth-order valence-electron chi connectivity index (χ4n) is 1.93. The molecule has 0 aliphatic carbocycles. The summed E-state index contributed by atoms with van der Waals surface area (Å²) in [5.74, 6) is 1.41. The Balaban J connectivity index is 1.97. The van der Waals surface area contributed by atoms with E-state index in [1.54, 1.807) is 30.3 Å². The number of nitrogens with zero attached hydrogens (tertiary/aromatic N) is 1. The fraction of sp³-hybridized carbons (Fsp3) is 0.235. The summed E-state index contributed by atoms with van der Waals surface area (Å²) < 4.78 is 16.7. The van der Waals surface area contributed by atoms with Gasteiger partial charge in [-0.3, -0.25) is 0 Å². The van der Waals surface area contributed by atoms with Crippen molar-refractivity contribution in [2.45, 2.75) is 6.92 Å². The molecule has 2 aromatic rings. The highest BCUT2D eigenvalue weighted by molar-refractivity contribution is 6.40. The number of benzene rings is 2. The van der Waals surface area contributed by atoms with Crippen LogP contribution < -0.4 is 14.2 Å². The van der Waals surface area contributed by atoms with Gasteiger partial charge in [-0.15, -0.1) is 0 Å². The summed E-state index contributed by atoms with van der Waals surface area (Å²) in [5.41, 5.74) is 0.502. The average Bonchev–Trinajstić information content (AvgIpc) is 2.54. The van der Waals surface area contributed by atoms with Crippen LogP contribution in [0.3, 0.4) is 0 Å². The van der Waals surface area contributed by atoms with Gasteiger partial charge in [-0.1, -0.05) is 34.8 Å². The second kappa shape index (κ2) is 8.89. The minimum atomic E-state index is 0.229. The Kier molecular flexibility index (Phi) is 6.86. The summed E-state index contributed by atoms with van der Waals surface area (Å²) in [4.78, 5) is 0. The fourth-order valence-corrected chi connectivity index (χ4v) is 2.85. The number of nitriles is 1. The van der Waals surface area contributed by atoms with E-state index in [9.17, 15) is 0 Å². The van der Waals surface area contributed by atoms with Crippen molar-refractivity contribution >= 4 is 34.8 Å². The zero-order valence-corrected chi connectivity index (χ0v) is 15.1. The van der Waals surface area contributed by atoms with Crippen LogP contribution in [-0.4, -0.2) is 19.8 Å². The molecular formula is C17H14Cl3NO3. The Hall–Kier alpha value is -1.80. The summed E-state index contributed by atoms with van der Waals surface area (Å²) in [6.07, 6.45) is 0. The summed E-state index contributed by atoms with van der Waals surface area (Å²) in [5, 5.41) is 10.0. The van der Waals surface area contributed by atoms with Crippen molar-refractivity contribution in [1.29, 1.82) is 5.26 Å². The summed E-state index contributed by atoms with van der Waals surface area (Å²) in [6, 6.07) is 10.1. The van der Waals surface area contributed by atoms with Gasteiger partial charge in [0.1, 0.15) is 13.2 Å². The van der Waals surface area contributed by atoms with Crippen LogP contribution in [0, 0.1) is 11.3 Å². The molecule has 0 N–H and O–H groups in total. The number of ether oxygens (including phenoxy) is 3. The van der Waals surface area contributed by atoms with Gasteiger partial charge < -0.3 is 14.2 Å². The molecule has 4 nitrogen and oxygen atoms in total. The monoisotopic (exact) mass is 385 g/mol. The predicted molar refractivity (Wildman–Crippen MR) is 94.8 cm³/mol. The Morgan fingerprint density at radius 3 is 2.21 bits per heavy atom. The van der Waals surface area contributed by atoms with Gasteiger partial charge in [-0.05, 0) is 31.2 Å².